The van der Waals surface area contributed by atoms with E-state index in [1.807, 2.05) is 6.92 Å². The third kappa shape index (κ3) is 3.04. The van der Waals surface area contributed by atoms with Crippen LogP contribution in [0.4, 0.5) is 24.8 Å². The van der Waals surface area contributed by atoms with Crippen molar-refractivity contribution in [2.75, 3.05) is 30.1 Å². The Morgan fingerprint density at radius 2 is 2.21 bits per heavy atom. The molecule has 0 aromatic carbocycles. The quantitative estimate of drug-likeness (QED) is 0.620. The van der Waals surface area contributed by atoms with Gasteiger partial charge in [0, 0.05) is 12.6 Å². The summed E-state index contributed by atoms with van der Waals surface area (Å²) in [6.45, 7) is 3.21. The molecule has 1 fully saturated rings. The fourth-order valence-corrected chi connectivity index (χ4v) is 1.85. The molecule has 1 atom stereocenters. The van der Waals surface area contributed by atoms with Crippen molar-refractivity contribution in [3.05, 3.63) is 11.9 Å². The first-order chi connectivity index (χ1) is 8.91. The number of nitrogens with zero attached hydrogens (tertiary/aromatic N) is 3. The molecule has 106 valence electrons. The van der Waals surface area contributed by atoms with Gasteiger partial charge in [-0.15, -0.1) is 0 Å². The van der Waals surface area contributed by atoms with Crippen LogP contribution >= 0.6 is 0 Å². The number of ether oxygens (including phenoxy) is 1. The van der Waals surface area contributed by atoms with Gasteiger partial charge < -0.3 is 15.1 Å². The monoisotopic (exact) mass is 277 g/mol. The minimum absolute atomic E-state index is 0.0599. The first-order valence-corrected chi connectivity index (χ1v) is 5.69. The molecule has 1 aromatic rings. The number of hydrazine groups is 1. The number of hydrogen-bond acceptors (Lipinski definition) is 6. The highest BCUT2D eigenvalue weighted by atomic mass is 19.4. The number of halogens is 3. The minimum Gasteiger partial charge on any atom is -0.377 e. The molecule has 9 heteroatoms. The van der Waals surface area contributed by atoms with E-state index in [9.17, 15) is 13.2 Å². The normalized spacial score (nSPS) is 20.5. The summed E-state index contributed by atoms with van der Waals surface area (Å²) in [6.07, 6.45) is -4.61. The summed E-state index contributed by atoms with van der Waals surface area (Å²) in [6, 6.07) is 1.33. The maximum atomic E-state index is 12.7. The molecular formula is C10H14F3N5O. The van der Waals surface area contributed by atoms with Crippen LogP contribution in [0.1, 0.15) is 12.7 Å². The van der Waals surface area contributed by atoms with Crippen molar-refractivity contribution in [2.45, 2.75) is 19.1 Å². The average Bonchev–Trinajstić information content (AvgIpc) is 2.37. The van der Waals surface area contributed by atoms with Crippen LogP contribution in [0.25, 0.3) is 0 Å². The fraction of sp³-hybridized carbons (Fsp3) is 0.600. The Morgan fingerprint density at radius 3 is 2.79 bits per heavy atom. The second-order valence-corrected chi connectivity index (χ2v) is 4.19. The van der Waals surface area contributed by atoms with Crippen molar-refractivity contribution < 1.29 is 17.9 Å². The zero-order valence-corrected chi connectivity index (χ0v) is 10.2. The summed E-state index contributed by atoms with van der Waals surface area (Å²) in [5.74, 6) is 4.05. The van der Waals surface area contributed by atoms with E-state index >= 15 is 0 Å². The Morgan fingerprint density at radius 1 is 1.47 bits per heavy atom. The molecule has 19 heavy (non-hydrogen) atoms. The summed E-state index contributed by atoms with van der Waals surface area (Å²) < 4.78 is 43.4. The number of hydrogen-bond donors (Lipinski definition) is 2. The number of rotatable bonds is 2. The van der Waals surface area contributed by atoms with Gasteiger partial charge in [-0.25, -0.2) is 15.8 Å². The molecule has 0 bridgehead atoms. The summed E-state index contributed by atoms with van der Waals surface area (Å²) in [5.41, 5.74) is 2.12. The second kappa shape index (κ2) is 5.17. The fourth-order valence-electron chi connectivity index (χ4n) is 1.85. The molecule has 1 aliphatic heterocycles. The number of nitrogen functional groups attached to an aromatic ring is 1. The Kier molecular flexibility index (Phi) is 3.76. The Bertz CT molecular complexity index is 453. The molecule has 2 heterocycles. The van der Waals surface area contributed by atoms with Crippen molar-refractivity contribution >= 4 is 11.6 Å². The zero-order valence-electron chi connectivity index (χ0n) is 10.2. The molecule has 1 aromatic heterocycles. The average molecular weight is 277 g/mol. The molecule has 0 spiro atoms. The van der Waals surface area contributed by atoms with E-state index < -0.39 is 12.0 Å². The molecule has 3 N–H and O–H groups in total. The van der Waals surface area contributed by atoms with E-state index in [1.54, 1.807) is 4.90 Å². The van der Waals surface area contributed by atoms with Crippen LogP contribution in [0.2, 0.25) is 0 Å². The SMILES string of the molecule is CC1COCCN1c1cc(NN)nc(C(F)(F)F)n1. The highest BCUT2D eigenvalue weighted by Crippen LogP contribution is 2.29. The molecular weight excluding hydrogens is 263 g/mol. The molecule has 0 amide bonds. The van der Waals surface area contributed by atoms with Crippen molar-refractivity contribution in [3.8, 4) is 0 Å². The van der Waals surface area contributed by atoms with Gasteiger partial charge in [-0.05, 0) is 6.92 Å². The molecule has 2 rings (SSSR count). The third-order valence-electron chi connectivity index (χ3n) is 2.78. The van der Waals surface area contributed by atoms with Crippen LogP contribution < -0.4 is 16.2 Å². The molecule has 1 aliphatic rings. The van der Waals surface area contributed by atoms with Gasteiger partial charge in [0.2, 0.25) is 5.82 Å². The Hall–Kier alpha value is -1.61. The summed E-state index contributed by atoms with van der Waals surface area (Å²) >= 11 is 0. The number of nitrogens with one attached hydrogen (secondary N) is 1. The lowest BCUT2D eigenvalue weighted by molar-refractivity contribution is -0.144. The van der Waals surface area contributed by atoms with Gasteiger partial charge in [0.15, 0.2) is 0 Å². The smallest absolute Gasteiger partial charge is 0.377 e. The number of alkyl halides is 3. The number of morpholine rings is 1. The van der Waals surface area contributed by atoms with E-state index in [1.165, 1.54) is 6.07 Å². The molecule has 0 aliphatic carbocycles. The predicted molar refractivity (Wildman–Crippen MR) is 62.5 cm³/mol. The first kappa shape index (κ1) is 13.8. The highest BCUT2D eigenvalue weighted by molar-refractivity contribution is 5.50. The van der Waals surface area contributed by atoms with E-state index in [-0.39, 0.29) is 17.7 Å². The molecule has 0 radical (unpaired) electrons. The summed E-state index contributed by atoms with van der Waals surface area (Å²) in [7, 11) is 0. The van der Waals surface area contributed by atoms with E-state index in [0.717, 1.165) is 0 Å². The lowest BCUT2D eigenvalue weighted by Gasteiger charge is -2.34. The van der Waals surface area contributed by atoms with E-state index in [2.05, 4.69) is 15.4 Å². The summed E-state index contributed by atoms with van der Waals surface area (Å²) in [4.78, 5) is 8.62. The van der Waals surface area contributed by atoms with Gasteiger partial charge >= 0.3 is 6.18 Å². The number of anilines is 2. The van der Waals surface area contributed by atoms with Crippen LogP contribution in [0, 0.1) is 0 Å². The maximum absolute atomic E-state index is 12.7. The minimum atomic E-state index is -4.61. The number of aromatic nitrogens is 2. The largest absolute Gasteiger partial charge is 0.451 e. The standard InChI is InChI=1S/C10H14F3N5O/c1-6-5-19-3-2-18(6)8-4-7(17-14)15-9(16-8)10(11,12)13/h4,6H,2-3,5,14H2,1H3,(H,15,16,17). The van der Waals surface area contributed by atoms with Crippen LogP contribution in [0.3, 0.4) is 0 Å². The van der Waals surface area contributed by atoms with Crippen LogP contribution in [0.15, 0.2) is 6.07 Å². The van der Waals surface area contributed by atoms with Crippen LogP contribution in [0.5, 0.6) is 0 Å². The van der Waals surface area contributed by atoms with Crippen LogP contribution in [-0.2, 0) is 10.9 Å². The van der Waals surface area contributed by atoms with Gasteiger partial charge in [0.1, 0.15) is 11.6 Å². The van der Waals surface area contributed by atoms with E-state index in [4.69, 9.17) is 10.6 Å². The second-order valence-electron chi connectivity index (χ2n) is 4.19. The van der Waals surface area contributed by atoms with Gasteiger partial charge in [-0.1, -0.05) is 0 Å². The van der Waals surface area contributed by atoms with Gasteiger partial charge in [0.05, 0.1) is 19.3 Å². The predicted octanol–water partition coefficient (Wildman–Crippen LogP) is 1.01. The van der Waals surface area contributed by atoms with Crippen LogP contribution in [-0.4, -0.2) is 35.8 Å². The topological polar surface area (TPSA) is 76.3 Å². The maximum Gasteiger partial charge on any atom is 0.451 e. The van der Waals surface area contributed by atoms with Crippen molar-refractivity contribution in [3.63, 3.8) is 0 Å². The van der Waals surface area contributed by atoms with Crippen molar-refractivity contribution in [1.29, 1.82) is 0 Å². The van der Waals surface area contributed by atoms with Crippen molar-refractivity contribution in [1.82, 2.24) is 9.97 Å². The highest BCUT2D eigenvalue weighted by Gasteiger charge is 2.36. The molecule has 1 saturated heterocycles. The van der Waals surface area contributed by atoms with Gasteiger partial charge in [-0.3, -0.25) is 0 Å². The summed E-state index contributed by atoms with van der Waals surface area (Å²) in [5, 5.41) is 0. The third-order valence-corrected chi connectivity index (χ3v) is 2.78. The molecule has 6 nitrogen and oxygen atoms in total. The lowest BCUT2D eigenvalue weighted by Crippen LogP contribution is -2.44. The zero-order chi connectivity index (χ0) is 14.0. The van der Waals surface area contributed by atoms with E-state index in [0.29, 0.717) is 19.8 Å². The Labute approximate surface area is 107 Å². The van der Waals surface area contributed by atoms with Gasteiger partial charge in [-0.2, -0.15) is 13.2 Å². The molecule has 1 unspecified atom stereocenters. The van der Waals surface area contributed by atoms with Gasteiger partial charge in [0.25, 0.3) is 0 Å². The lowest BCUT2D eigenvalue weighted by atomic mass is 10.2. The van der Waals surface area contributed by atoms with Crippen molar-refractivity contribution in [2.24, 2.45) is 5.84 Å². The number of nitrogens with two attached hydrogens (primary N) is 1. The Balaban J connectivity index is 2.39. The first-order valence-electron chi connectivity index (χ1n) is 5.69. The molecule has 0 saturated carbocycles.